The molecule has 100 valence electrons. The summed E-state index contributed by atoms with van der Waals surface area (Å²) in [5, 5.41) is 3.34. The summed E-state index contributed by atoms with van der Waals surface area (Å²) in [7, 11) is 0. The van der Waals surface area contributed by atoms with Gasteiger partial charge in [0.25, 0.3) is 0 Å². The molecule has 0 bridgehead atoms. The minimum absolute atomic E-state index is 0.787. The Labute approximate surface area is 115 Å². The molecule has 0 radical (unpaired) electrons. The molecule has 2 rings (SSSR count). The molecule has 0 fully saturated rings. The predicted octanol–water partition coefficient (Wildman–Crippen LogP) is 3.45. The van der Waals surface area contributed by atoms with Gasteiger partial charge in [-0.2, -0.15) is 0 Å². The lowest BCUT2D eigenvalue weighted by Crippen LogP contribution is -2.07. The van der Waals surface area contributed by atoms with Gasteiger partial charge in [0.15, 0.2) is 0 Å². The van der Waals surface area contributed by atoms with Crippen molar-refractivity contribution in [1.29, 1.82) is 0 Å². The summed E-state index contributed by atoms with van der Waals surface area (Å²) in [6, 6.07) is 12.4. The minimum atomic E-state index is 0.787. The molecule has 0 spiro atoms. The standard InChI is InChI=1S/C16H21N3/c1-3-10-17-15-12-14(4-2)18-16(19-15)11-13-8-6-5-7-9-13/h5-9,12H,3-4,10-11H2,1-2H3,(H,17,18,19). The second-order valence-corrected chi connectivity index (χ2v) is 4.60. The molecule has 1 N–H and O–H groups in total. The molecule has 0 unspecified atom stereocenters. The van der Waals surface area contributed by atoms with Gasteiger partial charge in [-0.1, -0.05) is 44.2 Å². The van der Waals surface area contributed by atoms with Crippen molar-refractivity contribution in [2.75, 3.05) is 11.9 Å². The Kier molecular flexibility index (Phi) is 4.90. The number of hydrogen-bond donors (Lipinski definition) is 1. The van der Waals surface area contributed by atoms with Crippen molar-refractivity contribution in [2.24, 2.45) is 0 Å². The van der Waals surface area contributed by atoms with E-state index in [-0.39, 0.29) is 0 Å². The summed E-state index contributed by atoms with van der Waals surface area (Å²) in [5.74, 6) is 1.84. The molecule has 1 aromatic carbocycles. The van der Waals surface area contributed by atoms with Crippen LogP contribution in [-0.2, 0) is 12.8 Å². The lowest BCUT2D eigenvalue weighted by molar-refractivity contribution is 0.892. The van der Waals surface area contributed by atoms with E-state index in [1.165, 1.54) is 5.56 Å². The topological polar surface area (TPSA) is 37.8 Å². The molecule has 0 aliphatic rings. The Balaban J connectivity index is 2.19. The smallest absolute Gasteiger partial charge is 0.135 e. The quantitative estimate of drug-likeness (QED) is 0.859. The molecular weight excluding hydrogens is 234 g/mol. The summed E-state index contributed by atoms with van der Waals surface area (Å²) >= 11 is 0. The van der Waals surface area contributed by atoms with Crippen molar-refractivity contribution in [3.8, 4) is 0 Å². The first-order valence-electron chi connectivity index (χ1n) is 6.96. The van der Waals surface area contributed by atoms with Gasteiger partial charge in [-0.3, -0.25) is 0 Å². The number of rotatable bonds is 6. The van der Waals surface area contributed by atoms with Gasteiger partial charge < -0.3 is 5.32 Å². The predicted molar refractivity (Wildman–Crippen MR) is 79.4 cm³/mol. The van der Waals surface area contributed by atoms with Gasteiger partial charge in [-0.15, -0.1) is 0 Å². The lowest BCUT2D eigenvalue weighted by atomic mass is 10.1. The molecule has 0 saturated carbocycles. The summed E-state index contributed by atoms with van der Waals surface area (Å²) < 4.78 is 0. The molecule has 1 aromatic heterocycles. The average molecular weight is 255 g/mol. The zero-order chi connectivity index (χ0) is 13.5. The zero-order valence-corrected chi connectivity index (χ0v) is 11.7. The van der Waals surface area contributed by atoms with Gasteiger partial charge in [-0.05, 0) is 18.4 Å². The van der Waals surface area contributed by atoms with Crippen LogP contribution in [0.4, 0.5) is 5.82 Å². The first-order valence-corrected chi connectivity index (χ1v) is 6.96. The van der Waals surface area contributed by atoms with Crippen LogP contribution in [0.25, 0.3) is 0 Å². The van der Waals surface area contributed by atoms with E-state index in [1.807, 2.05) is 12.1 Å². The molecule has 19 heavy (non-hydrogen) atoms. The molecule has 0 aliphatic carbocycles. The molecule has 1 heterocycles. The van der Waals surface area contributed by atoms with E-state index in [0.29, 0.717) is 0 Å². The summed E-state index contributed by atoms with van der Waals surface area (Å²) in [6.07, 6.45) is 2.82. The van der Waals surface area contributed by atoms with E-state index in [9.17, 15) is 0 Å². The maximum Gasteiger partial charge on any atom is 0.135 e. The summed E-state index contributed by atoms with van der Waals surface area (Å²) in [4.78, 5) is 9.20. The number of aromatic nitrogens is 2. The molecule has 0 saturated heterocycles. The van der Waals surface area contributed by atoms with Gasteiger partial charge >= 0.3 is 0 Å². The number of benzene rings is 1. The third-order valence-corrected chi connectivity index (χ3v) is 2.95. The highest BCUT2D eigenvalue weighted by molar-refractivity contribution is 5.36. The summed E-state index contributed by atoms with van der Waals surface area (Å²) in [5.41, 5.74) is 2.34. The molecule has 2 aromatic rings. The van der Waals surface area contributed by atoms with E-state index in [1.54, 1.807) is 0 Å². The molecule has 0 amide bonds. The van der Waals surface area contributed by atoms with Crippen LogP contribution in [0.3, 0.4) is 0 Å². The van der Waals surface area contributed by atoms with Crippen LogP contribution in [0.1, 0.15) is 37.4 Å². The molecule has 3 nitrogen and oxygen atoms in total. The van der Waals surface area contributed by atoms with Crippen LogP contribution in [-0.4, -0.2) is 16.5 Å². The molecular formula is C16H21N3. The van der Waals surface area contributed by atoms with Crippen molar-refractivity contribution in [1.82, 2.24) is 9.97 Å². The Hall–Kier alpha value is -1.90. The molecule has 0 atom stereocenters. The Bertz CT molecular complexity index is 509. The van der Waals surface area contributed by atoms with Crippen LogP contribution in [0.5, 0.6) is 0 Å². The van der Waals surface area contributed by atoms with Crippen molar-refractivity contribution >= 4 is 5.82 Å². The first kappa shape index (κ1) is 13.5. The third-order valence-electron chi connectivity index (χ3n) is 2.95. The van der Waals surface area contributed by atoms with Gasteiger partial charge in [0.2, 0.25) is 0 Å². The third kappa shape index (κ3) is 4.05. The first-order chi connectivity index (χ1) is 9.31. The van der Waals surface area contributed by atoms with Crippen molar-refractivity contribution < 1.29 is 0 Å². The van der Waals surface area contributed by atoms with Crippen LogP contribution in [0.15, 0.2) is 36.4 Å². The van der Waals surface area contributed by atoms with Gasteiger partial charge in [0.05, 0.1) is 0 Å². The number of nitrogens with one attached hydrogen (secondary N) is 1. The van der Waals surface area contributed by atoms with Crippen LogP contribution in [0.2, 0.25) is 0 Å². The van der Waals surface area contributed by atoms with E-state index in [2.05, 4.69) is 53.4 Å². The number of nitrogens with zero attached hydrogens (tertiary/aromatic N) is 2. The van der Waals surface area contributed by atoms with Crippen LogP contribution >= 0.6 is 0 Å². The Morgan fingerprint density at radius 3 is 2.53 bits per heavy atom. The Morgan fingerprint density at radius 2 is 1.84 bits per heavy atom. The van der Waals surface area contributed by atoms with Gasteiger partial charge in [0.1, 0.15) is 11.6 Å². The number of anilines is 1. The summed E-state index contributed by atoms with van der Waals surface area (Å²) in [6.45, 7) is 5.23. The maximum atomic E-state index is 4.60. The van der Waals surface area contributed by atoms with Crippen LogP contribution < -0.4 is 5.32 Å². The monoisotopic (exact) mass is 255 g/mol. The van der Waals surface area contributed by atoms with E-state index in [4.69, 9.17) is 0 Å². The van der Waals surface area contributed by atoms with Gasteiger partial charge in [-0.25, -0.2) is 9.97 Å². The van der Waals surface area contributed by atoms with E-state index >= 15 is 0 Å². The highest BCUT2D eigenvalue weighted by Gasteiger charge is 2.04. The average Bonchev–Trinajstić information content (AvgIpc) is 2.46. The fraction of sp³-hybridized carbons (Fsp3) is 0.375. The van der Waals surface area contributed by atoms with E-state index < -0.39 is 0 Å². The van der Waals surface area contributed by atoms with Crippen molar-refractivity contribution in [2.45, 2.75) is 33.1 Å². The highest BCUT2D eigenvalue weighted by atomic mass is 15.0. The number of aryl methyl sites for hydroxylation is 1. The Morgan fingerprint density at radius 1 is 1.05 bits per heavy atom. The second-order valence-electron chi connectivity index (χ2n) is 4.60. The highest BCUT2D eigenvalue weighted by Crippen LogP contribution is 2.11. The van der Waals surface area contributed by atoms with Crippen molar-refractivity contribution in [3.05, 3.63) is 53.5 Å². The minimum Gasteiger partial charge on any atom is -0.370 e. The fourth-order valence-electron chi connectivity index (χ4n) is 1.93. The van der Waals surface area contributed by atoms with E-state index in [0.717, 1.165) is 43.1 Å². The maximum absolute atomic E-state index is 4.60. The van der Waals surface area contributed by atoms with Crippen molar-refractivity contribution in [3.63, 3.8) is 0 Å². The fourth-order valence-corrected chi connectivity index (χ4v) is 1.93. The molecule has 3 heteroatoms. The second kappa shape index (κ2) is 6.88. The lowest BCUT2D eigenvalue weighted by Gasteiger charge is -2.08. The SMILES string of the molecule is CCCNc1cc(CC)nc(Cc2ccccc2)n1. The van der Waals surface area contributed by atoms with Crippen LogP contribution in [0, 0.1) is 0 Å². The largest absolute Gasteiger partial charge is 0.370 e. The van der Waals surface area contributed by atoms with Gasteiger partial charge in [0, 0.05) is 24.7 Å². The normalized spacial score (nSPS) is 10.4. The molecule has 0 aliphatic heterocycles. The number of hydrogen-bond acceptors (Lipinski definition) is 3. The zero-order valence-electron chi connectivity index (χ0n) is 11.7.